The van der Waals surface area contributed by atoms with Gasteiger partial charge >= 0.3 is 0 Å². The molecule has 0 aliphatic rings. The monoisotopic (exact) mass is 242 g/mol. The van der Waals surface area contributed by atoms with Gasteiger partial charge in [-0.3, -0.25) is 0 Å². The minimum absolute atomic E-state index is 0.0830. The number of anilines is 1. The van der Waals surface area contributed by atoms with Crippen molar-refractivity contribution in [2.75, 3.05) is 24.7 Å². The second-order valence-corrected chi connectivity index (χ2v) is 4.76. The first kappa shape index (κ1) is 10.6. The molecule has 0 saturated heterocycles. The lowest BCUT2D eigenvalue weighted by Crippen LogP contribution is -2.06. The molecule has 0 radical (unpaired) electrons. The third-order valence-electron chi connectivity index (χ3n) is 1.75. The molecule has 0 aromatic carbocycles. The van der Waals surface area contributed by atoms with Crippen molar-refractivity contribution < 1.29 is 5.11 Å². The third-order valence-corrected chi connectivity index (χ3v) is 3.79. The largest absolute Gasteiger partial charge is 0.395 e. The van der Waals surface area contributed by atoms with Crippen molar-refractivity contribution in [2.45, 2.75) is 4.34 Å². The van der Waals surface area contributed by atoms with Gasteiger partial charge in [0.1, 0.15) is 16.8 Å². The Kier molecular flexibility index (Phi) is 3.34. The lowest BCUT2D eigenvalue weighted by molar-refractivity contribution is 0.311. The zero-order valence-electron chi connectivity index (χ0n) is 8.10. The van der Waals surface area contributed by atoms with E-state index in [1.807, 2.05) is 6.26 Å². The number of thioether (sulfide) groups is 1. The van der Waals surface area contributed by atoms with Crippen LogP contribution in [-0.4, -0.2) is 39.5 Å². The Morgan fingerprint density at radius 2 is 2.40 bits per heavy atom. The van der Waals surface area contributed by atoms with Crippen LogP contribution in [0.25, 0.3) is 10.3 Å². The highest BCUT2D eigenvalue weighted by Gasteiger charge is 2.08. The van der Waals surface area contributed by atoms with Gasteiger partial charge in [0.25, 0.3) is 0 Å². The van der Waals surface area contributed by atoms with E-state index in [0.29, 0.717) is 12.2 Å². The number of nitrogens with one attached hydrogen (secondary N) is 1. The van der Waals surface area contributed by atoms with Gasteiger partial charge in [-0.15, -0.1) is 11.3 Å². The van der Waals surface area contributed by atoms with Gasteiger partial charge < -0.3 is 10.4 Å². The molecule has 2 N–H and O–H groups in total. The Morgan fingerprint density at radius 3 is 3.13 bits per heavy atom. The smallest absolute Gasteiger partial charge is 0.176 e. The highest BCUT2D eigenvalue weighted by Crippen LogP contribution is 2.30. The van der Waals surface area contributed by atoms with E-state index in [2.05, 4.69) is 20.3 Å². The summed E-state index contributed by atoms with van der Waals surface area (Å²) in [7, 11) is 0. The predicted molar refractivity (Wildman–Crippen MR) is 62.6 cm³/mol. The summed E-state index contributed by atoms with van der Waals surface area (Å²) in [6.45, 7) is 0.568. The minimum Gasteiger partial charge on any atom is -0.395 e. The van der Waals surface area contributed by atoms with Gasteiger partial charge in [-0.2, -0.15) is 0 Å². The van der Waals surface area contributed by atoms with Crippen molar-refractivity contribution in [1.29, 1.82) is 0 Å². The molecular formula is C8H10N4OS2. The Labute approximate surface area is 95.0 Å². The van der Waals surface area contributed by atoms with Crippen molar-refractivity contribution in [3.05, 3.63) is 6.33 Å². The standard InChI is InChI=1S/C8H10N4OS2/c1-14-8-12-7-5(15-8)6(9-2-3-13)10-4-11-7/h4,13H,2-3H2,1H3,(H,9,10,11). The van der Waals surface area contributed by atoms with Crippen LogP contribution >= 0.6 is 23.1 Å². The Morgan fingerprint density at radius 1 is 1.53 bits per heavy atom. The Bertz CT molecular complexity index is 459. The highest BCUT2D eigenvalue weighted by atomic mass is 32.2. The van der Waals surface area contributed by atoms with Gasteiger partial charge in [0.05, 0.1) is 6.61 Å². The fraction of sp³-hybridized carbons (Fsp3) is 0.375. The molecule has 2 rings (SSSR count). The molecule has 15 heavy (non-hydrogen) atoms. The third kappa shape index (κ3) is 2.19. The number of fused-ring (bicyclic) bond motifs is 1. The lowest BCUT2D eigenvalue weighted by atomic mass is 10.5. The molecule has 2 heterocycles. The molecular weight excluding hydrogens is 232 g/mol. The second kappa shape index (κ2) is 4.73. The van der Waals surface area contributed by atoms with Crippen LogP contribution in [-0.2, 0) is 0 Å². The number of hydrogen-bond donors (Lipinski definition) is 2. The molecule has 0 atom stereocenters. The van der Waals surface area contributed by atoms with Crippen LogP contribution in [0.4, 0.5) is 5.82 Å². The molecule has 0 spiro atoms. The molecule has 0 unspecified atom stereocenters. The quantitative estimate of drug-likeness (QED) is 0.785. The number of aromatic nitrogens is 3. The average molecular weight is 242 g/mol. The SMILES string of the molecule is CSc1nc2ncnc(NCCO)c2s1. The van der Waals surface area contributed by atoms with Crippen molar-refractivity contribution in [2.24, 2.45) is 0 Å². The molecule has 0 aliphatic heterocycles. The number of hydrogen-bond acceptors (Lipinski definition) is 7. The van der Waals surface area contributed by atoms with Gasteiger partial charge in [0.2, 0.25) is 0 Å². The van der Waals surface area contributed by atoms with Crippen molar-refractivity contribution >= 4 is 39.3 Å². The Balaban J connectivity index is 2.40. The van der Waals surface area contributed by atoms with E-state index in [1.54, 1.807) is 23.1 Å². The summed E-state index contributed by atoms with van der Waals surface area (Å²) in [5.74, 6) is 0.742. The summed E-state index contributed by atoms with van der Waals surface area (Å²) in [6, 6.07) is 0. The van der Waals surface area contributed by atoms with Crippen molar-refractivity contribution in [3.8, 4) is 0 Å². The van der Waals surface area contributed by atoms with E-state index in [0.717, 1.165) is 14.9 Å². The highest BCUT2D eigenvalue weighted by molar-refractivity contribution is 8.00. The van der Waals surface area contributed by atoms with Crippen LogP contribution in [0.2, 0.25) is 0 Å². The van der Waals surface area contributed by atoms with Gasteiger partial charge in [-0.25, -0.2) is 15.0 Å². The average Bonchev–Trinajstić information content (AvgIpc) is 2.69. The maximum Gasteiger partial charge on any atom is 0.176 e. The molecule has 2 aromatic heterocycles. The van der Waals surface area contributed by atoms with Crippen molar-refractivity contribution in [3.63, 3.8) is 0 Å². The number of rotatable bonds is 4. The topological polar surface area (TPSA) is 70.9 Å². The van der Waals surface area contributed by atoms with E-state index in [4.69, 9.17) is 5.11 Å². The first-order chi connectivity index (χ1) is 7.35. The second-order valence-electron chi connectivity index (χ2n) is 2.71. The Hall–Kier alpha value is -0.920. The maximum absolute atomic E-state index is 8.73. The summed E-state index contributed by atoms with van der Waals surface area (Å²) >= 11 is 3.15. The van der Waals surface area contributed by atoms with Crippen LogP contribution in [0, 0.1) is 0 Å². The zero-order chi connectivity index (χ0) is 10.7. The van der Waals surface area contributed by atoms with Crippen LogP contribution in [0.1, 0.15) is 0 Å². The number of nitrogens with zero attached hydrogens (tertiary/aromatic N) is 3. The molecule has 5 nitrogen and oxygen atoms in total. The van der Waals surface area contributed by atoms with Crippen LogP contribution in [0.3, 0.4) is 0 Å². The van der Waals surface area contributed by atoms with Gasteiger partial charge in [-0.05, 0) is 6.26 Å². The van der Waals surface area contributed by atoms with Crippen LogP contribution < -0.4 is 5.32 Å². The van der Waals surface area contributed by atoms with Crippen molar-refractivity contribution in [1.82, 2.24) is 15.0 Å². The minimum atomic E-state index is 0.0830. The lowest BCUT2D eigenvalue weighted by Gasteiger charge is -2.01. The van der Waals surface area contributed by atoms with E-state index >= 15 is 0 Å². The van der Waals surface area contributed by atoms with Crippen LogP contribution in [0.5, 0.6) is 0 Å². The van der Waals surface area contributed by atoms with Gasteiger partial charge in [0.15, 0.2) is 9.99 Å². The number of aliphatic hydroxyl groups excluding tert-OH is 1. The van der Waals surface area contributed by atoms with E-state index < -0.39 is 0 Å². The first-order valence-electron chi connectivity index (χ1n) is 4.35. The fourth-order valence-electron chi connectivity index (χ4n) is 1.12. The molecule has 0 aliphatic carbocycles. The summed E-state index contributed by atoms with van der Waals surface area (Å²) in [5, 5.41) is 11.8. The maximum atomic E-state index is 8.73. The molecule has 0 amide bonds. The molecule has 2 aromatic rings. The summed E-state index contributed by atoms with van der Waals surface area (Å²) < 4.78 is 1.91. The molecule has 0 bridgehead atoms. The summed E-state index contributed by atoms with van der Waals surface area (Å²) in [6.07, 6.45) is 3.46. The van der Waals surface area contributed by atoms with E-state index in [9.17, 15) is 0 Å². The normalized spacial score (nSPS) is 10.8. The zero-order valence-corrected chi connectivity index (χ0v) is 9.73. The molecule has 7 heteroatoms. The van der Waals surface area contributed by atoms with Gasteiger partial charge in [-0.1, -0.05) is 11.8 Å². The van der Waals surface area contributed by atoms with E-state index in [-0.39, 0.29) is 6.61 Å². The van der Waals surface area contributed by atoms with Gasteiger partial charge in [0, 0.05) is 6.54 Å². The molecule has 0 saturated carbocycles. The summed E-state index contributed by atoms with van der Waals surface area (Å²) in [5.41, 5.74) is 0.708. The number of aliphatic hydroxyl groups is 1. The first-order valence-corrected chi connectivity index (χ1v) is 6.39. The molecule has 80 valence electrons. The number of thiazole rings is 1. The van der Waals surface area contributed by atoms with Crippen LogP contribution in [0.15, 0.2) is 10.7 Å². The summed E-state index contributed by atoms with van der Waals surface area (Å²) in [4.78, 5) is 12.5. The molecule has 0 fully saturated rings. The van der Waals surface area contributed by atoms with E-state index in [1.165, 1.54) is 6.33 Å². The predicted octanol–water partition coefficient (Wildman–Crippen LogP) is 1.21. The fourth-order valence-corrected chi connectivity index (χ4v) is 2.60.